The highest BCUT2D eigenvalue weighted by molar-refractivity contribution is 5.40. The lowest BCUT2D eigenvalue weighted by Gasteiger charge is -2.24. The third-order valence-corrected chi connectivity index (χ3v) is 3.53. The van der Waals surface area contributed by atoms with E-state index in [0.717, 1.165) is 23.3 Å². The average Bonchev–Trinajstić information content (AvgIpc) is 2.44. The summed E-state index contributed by atoms with van der Waals surface area (Å²) >= 11 is 0. The topological polar surface area (TPSA) is 67.5 Å². The van der Waals surface area contributed by atoms with E-state index in [0.29, 0.717) is 19.1 Å². The Morgan fingerprint density at radius 1 is 1.35 bits per heavy atom. The summed E-state index contributed by atoms with van der Waals surface area (Å²) in [7, 11) is 1.85. The second-order valence-electron chi connectivity index (χ2n) is 5.30. The molecule has 0 saturated carbocycles. The first-order valence-electron chi connectivity index (χ1n) is 7.37. The van der Waals surface area contributed by atoms with E-state index in [1.807, 2.05) is 32.2 Å². The van der Waals surface area contributed by atoms with Crippen LogP contribution in [0.5, 0.6) is 5.75 Å². The van der Waals surface area contributed by atoms with Crippen molar-refractivity contribution in [2.24, 2.45) is 5.73 Å². The molecule has 0 aliphatic rings. The molecule has 0 spiro atoms. The Hall–Kier alpha value is -1.10. The summed E-state index contributed by atoms with van der Waals surface area (Å²) in [6.45, 7) is 7.43. The van der Waals surface area contributed by atoms with Crippen LogP contribution in [0.15, 0.2) is 18.2 Å². The predicted octanol–water partition coefficient (Wildman–Crippen LogP) is 2.18. The third kappa shape index (κ3) is 4.20. The molecule has 2 unspecified atom stereocenters. The zero-order chi connectivity index (χ0) is 15.1. The van der Waals surface area contributed by atoms with Crippen molar-refractivity contribution in [2.75, 3.05) is 20.2 Å². The number of rotatable bonds is 8. The normalized spacial score (nSPS) is 14.3. The maximum atomic E-state index is 10.5. The lowest BCUT2D eigenvalue weighted by atomic mass is 9.94. The summed E-state index contributed by atoms with van der Waals surface area (Å²) in [5, 5.41) is 13.6. The first-order valence-corrected chi connectivity index (χ1v) is 7.37. The molecule has 0 amide bonds. The number of hydrogen-bond acceptors (Lipinski definition) is 4. The van der Waals surface area contributed by atoms with Crippen molar-refractivity contribution in [1.82, 2.24) is 5.32 Å². The molecule has 1 aromatic carbocycles. The first kappa shape index (κ1) is 17.0. The fourth-order valence-electron chi connectivity index (χ4n) is 2.36. The molecule has 0 saturated heterocycles. The van der Waals surface area contributed by atoms with Crippen LogP contribution < -0.4 is 15.8 Å². The van der Waals surface area contributed by atoms with E-state index in [2.05, 4.69) is 19.2 Å². The molecule has 0 aromatic heterocycles. The number of aliphatic hydroxyl groups excluding tert-OH is 1. The van der Waals surface area contributed by atoms with Crippen LogP contribution in [0, 0.1) is 0 Å². The van der Waals surface area contributed by atoms with E-state index >= 15 is 0 Å². The third-order valence-electron chi connectivity index (χ3n) is 3.53. The quantitative estimate of drug-likeness (QED) is 0.683. The van der Waals surface area contributed by atoms with Crippen LogP contribution in [0.25, 0.3) is 0 Å². The van der Waals surface area contributed by atoms with Crippen molar-refractivity contribution < 1.29 is 9.84 Å². The van der Waals surface area contributed by atoms with Crippen molar-refractivity contribution in [3.63, 3.8) is 0 Å². The molecule has 4 heteroatoms. The van der Waals surface area contributed by atoms with Gasteiger partial charge in [0.1, 0.15) is 5.75 Å². The van der Waals surface area contributed by atoms with E-state index in [1.165, 1.54) is 0 Å². The summed E-state index contributed by atoms with van der Waals surface area (Å²) in [5.74, 6) is 1.25. The molecule has 1 aromatic rings. The van der Waals surface area contributed by atoms with Gasteiger partial charge in [-0.25, -0.2) is 0 Å². The Balaban J connectivity index is 3.03. The Bertz CT molecular complexity index is 407. The van der Waals surface area contributed by atoms with Gasteiger partial charge in [0.25, 0.3) is 0 Å². The zero-order valence-electron chi connectivity index (χ0n) is 13.0. The number of benzene rings is 1. The highest BCUT2D eigenvalue weighted by Gasteiger charge is 2.20. The lowest BCUT2D eigenvalue weighted by Crippen LogP contribution is -2.34. The molecule has 0 radical (unpaired) electrons. The lowest BCUT2D eigenvalue weighted by molar-refractivity contribution is 0.128. The largest absolute Gasteiger partial charge is 0.494 e. The van der Waals surface area contributed by atoms with Gasteiger partial charge < -0.3 is 20.9 Å². The van der Waals surface area contributed by atoms with Crippen molar-refractivity contribution in [3.05, 3.63) is 29.3 Å². The minimum Gasteiger partial charge on any atom is -0.494 e. The summed E-state index contributed by atoms with van der Waals surface area (Å²) in [6, 6.07) is 5.90. The minimum absolute atomic E-state index is 0.0297. The molecule has 2 atom stereocenters. The van der Waals surface area contributed by atoms with Gasteiger partial charge in [-0.15, -0.1) is 0 Å². The van der Waals surface area contributed by atoms with E-state index < -0.39 is 6.10 Å². The molecule has 114 valence electrons. The SMILES string of the molecule is CCOc1ccc(C(O)C(CCN)NC)cc1C(C)C. The molecule has 0 fully saturated rings. The molecular weight excluding hydrogens is 252 g/mol. The Labute approximate surface area is 122 Å². The second-order valence-corrected chi connectivity index (χ2v) is 5.30. The highest BCUT2D eigenvalue weighted by Crippen LogP contribution is 2.30. The fraction of sp³-hybridized carbons (Fsp3) is 0.625. The average molecular weight is 280 g/mol. The smallest absolute Gasteiger partial charge is 0.122 e. The zero-order valence-corrected chi connectivity index (χ0v) is 13.0. The van der Waals surface area contributed by atoms with Crippen molar-refractivity contribution >= 4 is 0 Å². The molecule has 0 bridgehead atoms. The second kappa shape index (κ2) is 8.25. The minimum atomic E-state index is -0.559. The molecule has 4 nitrogen and oxygen atoms in total. The molecular formula is C16H28N2O2. The summed E-state index contributed by atoms with van der Waals surface area (Å²) in [4.78, 5) is 0. The maximum absolute atomic E-state index is 10.5. The van der Waals surface area contributed by atoms with E-state index in [1.54, 1.807) is 0 Å². The van der Waals surface area contributed by atoms with Gasteiger partial charge in [0.05, 0.1) is 12.7 Å². The van der Waals surface area contributed by atoms with E-state index in [4.69, 9.17) is 10.5 Å². The van der Waals surface area contributed by atoms with Crippen molar-refractivity contribution in [2.45, 2.75) is 45.3 Å². The summed E-state index contributed by atoms with van der Waals surface area (Å²) < 4.78 is 5.65. The van der Waals surface area contributed by atoms with Crippen LogP contribution >= 0.6 is 0 Å². The number of nitrogens with two attached hydrogens (primary N) is 1. The molecule has 0 heterocycles. The van der Waals surface area contributed by atoms with Crippen LogP contribution in [-0.4, -0.2) is 31.3 Å². The molecule has 20 heavy (non-hydrogen) atoms. The van der Waals surface area contributed by atoms with Crippen LogP contribution in [0.2, 0.25) is 0 Å². The van der Waals surface area contributed by atoms with Gasteiger partial charge in [-0.05, 0) is 56.1 Å². The number of hydrogen-bond donors (Lipinski definition) is 3. The summed E-state index contributed by atoms with van der Waals surface area (Å²) in [6.07, 6.45) is 0.179. The predicted molar refractivity (Wildman–Crippen MR) is 83.2 cm³/mol. The van der Waals surface area contributed by atoms with Gasteiger partial charge in [-0.3, -0.25) is 0 Å². The van der Waals surface area contributed by atoms with Crippen molar-refractivity contribution in [1.29, 1.82) is 0 Å². The Morgan fingerprint density at radius 3 is 2.55 bits per heavy atom. The molecule has 4 N–H and O–H groups in total. The van der Waals surface area contributed by atoms with Crippen molar-refractivity contribution in [3.8, 4) is 5.75 Å². The maximum Gasteiger partial charge on any atom is 0.122 e. The highest BCUT2D eigenvalue weighted by atomic mass is 16.5. The van der Waals surface area contributed by atoms with Gasteiger partial charge >= 0.3 is 0 Å². The number of ether oxygens (including phenoxy) is 1. The van der Waals surface area contributed by atoms with Gasteiger partial charge in [-0.1, -0.05) is 19.9 Å². The number of likely N-dealkylation sites (N-methyl/N-ethyl adjacent to an activating group) is 1. The van der Waals surface area contributed by atoms with Gasteiger partial charge in [0.15, 0.2) is 0 Å². The molecule has 0 aliphatic heterocycles. The van der Waals surface area contributed by atoms with Gasteiger partial charge in [-0.2, -0.15) is 0 Å². The standard InChI is InChI=1S/C16H28N2O2/c1-5-20-15-7-6-12(10-13(15)11(2)3)16(19)14(18-4)8-9-17/h6-7,10-11,14,16,18-19H,5,8-9,17H2,1-4H3. The van der Waals surface area contributed by atoms with Crippen LogP contribution in [0.4, 0.5) is 0 Å². The number of nitrogens with one attached hydrogen (secondary N) is 1. The van der Waals surface area contributed by atoms with Crippen LogP contribution in [0.1, 0.15) is 50.3 Å². The van der Waals surface area contributed by atoms with Crippen LogP contribution in [0.3, 0.4) is 0 Å². The Morgan fingerprint density at radius 2 is 2.05 bits per heavy atom. The van der Waals surface area contributed by atoms with Gasteiger partial charge in [0.2, 0.25) is 0 Å². The molecule has 0 aliphatic carbocycles. The Kier molecular flexibility index (Phi) is 6.99. The van der Waals surface area contributed by atoms with E-state index in [9.17, 15) is 5.11 Å². The molecule has 1 rings (SSSR count). The monoisotopic (exact) mass is 280 g/mol. The first-order chi connectivity index (χ1) is 9.54. The fourth-order valence-corrected chi connectivity index (χ4v) is 2.36. The number of aliphatic hydroxyl groups is 1. The van der Waals surface area contributed by atoms with E-state index in [-0.39, 0.29) is 6.04 Å². The van der Waals surface area contributed by atoms with Crippen LogP contribution in [-0.2, 0) is 0 Å². The summed E-state index contributed by atoms with van der Waals surface area (Å²) in [5.41, 5.74) is 7.63. The van der Waals surface area contributed by atoms with Gasteiger partial charge in [0, 0.05) is 6.04 Å².